The third-order valence-corrected chi connectivity index (χ3v) is 6.66. The Kier molecular flexibility index (Phi) is 5.84. The molecule has 4 aromatic rings. The fraction of sp³-hybridized carbons (Fsp3) is 0.308. The van der Waals surface area contributed by atoms with Crippen molar-refractivity contribution in [2.75, 3.05) is 11.1 Å². The van der Waals surface area contributed by atoms with Gasteiger partial charge in [-0.15, -0.1) is 0 Å². The molecule has 1 aliphatic carbocycles. The van der Waals surface area contributed by atoms with Gasteiger partial charge in [-0.3, -0.25) is 9.89 Å². The van der Waals surface area contributed by atoms with Crippen LogP contribution in [0.3, 0.4) is 0 Å². The molecule has 1 aliphatic rings. The first-order chi connectivity index (χ1) is 16.8. The van der Waals surface area contributed by atoms with E-state index in [9.17, 15) is 9.18 Å². The number of rotatable bonds is 5. The molecule has 2 atom stereocenters. The largest absolute Gasteiger partial charge is 0.396 e. The predicted octanol–water partition coefficient (Wildman–Crippen LogP) is 4.59. The minimum absolute atomic E-state index is 0.0231. The Bertz CT molecular complexity index is 1400. The number of halogens is 1. The number of hydrogen-bond acceptors (Lipinski definition) is 6. The normalized spacial score (nSPS) is 20.0. The van der Waals surface area contributed by atoms with Gasteiger partial charge < -0.3 is 16.4 Å². The number of benzene rings is 2. The molecule has 1 saturated carbocycles. The van der Waals surface area contributed by atoms with Gasteiger partial charge in [0.05, 0.1) is 16.9 Å². The number of anilines is 2. The van der Waals surface area contributed by atoms with E-state index in [4.69, 9.17) is 10.7 Å². The minimum atomic E-state index is -0.594. The molecule has 0 radical (unpaired) electrons. The third-order valence-electron chi connectivity index (χ3n) is 6.66. The highest BCUT2D eigenvalue weighted by molar-refractivity contribution is 5.95. The molecule has 35 heavy (non-hydrogen) atoms. The van der Waals surface area contributed by atoms with E-state index in [0.29, 0.717) is 12.4 Å². The molecular formula is C26H28FN7O. The molecule has 0 aliphatic heterocycles. The molecule has 0 saturated heterocycles. The standard InChI is InChI=1S/C26H28FN7O/c1-15-14-29-25(31-22(15)23-18-7-3-4-8-21(18)33-34-23)30-17-6-5-11-26(2,13-17)32-24(35)16-9-10-20(28)19(27)12-16/h3-4,7-10,12,14,17H,5-6,11,13,28H2,1-2H3,(H,32,35)(H,33,34)(H,29,30,31)/t17-,26+/m1/s1. The lowest BCUT2D eigenvalue weighted by Gasteiger charge is -2.39. The molecule has 2 aromatic heterocycles. The van der Waals surface area contributed by atoms with Gasteiger partial charge in [0.15, 0.2) is 0 Å². The summed E-state index contributed by atoms with van der Waals surface area (Å²) in [4.78, 5) is 22.1. The molecule has 2 aromatic carbocycles. The van der Waals surface area contributed by atoms with Crippen molar-refractivity contribution in [3.05, 3.63) is 65.6 Å². The fourth-order valence-corrected chi connectivity index (χ4v) is 4.82. The number of nitrogens with two attached hydrogens (primary N) is 1. The quantitative estimate of drug-likeness (QED) is 0.315. The van der Waals surface area contributed by atoms with Gasteiger partial charge in [0, 0.05) is 28.7 Å². The molecule has 2 heterocycles. The molecule has 5 N–H and O–H groups in total. The first-order valence-corrected chi connectivity index (χ1v) is 11.7. The number of para-hydroxylation sites is 1. The van der Waals surface area contributed by atoms with Crippen LogP contribution in [0.5, 0.6) is 0 Å². The van der Waals surface area contributed by atoms with Crippen LogP contribution in [0.4, 0.5) is 16.0 Å². The van der Waals surface area contributed by atoms with E-state index >= 15 is 0 Å². The molecule has 0 unspecified atom stereocenters. The maximum absolute atomic E-state index is 13.8. The smallest absolute Gasteiger partial charge is 0.251 e. The van der Waals surface area contributed by atoms with Crippen molar-refractivity contribution in [1.29, 1.82) is 0 Å². The number of amides is 1. The minimum Gasteiger partial charge on any atom is -0.396 e. The van der Waals surface area contributed by atoms with Crippen molar-refractivity contribution in [2.24, 2.45) is 0 Å². The van der Waals surface area contributed by atoms with E-state index in [-0.39, 0.29) is 23.2 Å². The van der Waals surface area contributed by atoms with Crippen molar-refractivity contribution >= 4 is 28.4 Å². The Balaban J connectivity index is 1.32. The molecule has 1 fully saturated rings. The van der Waals surface area contributed by atoms with Crippen molar-refractivity contribution < 1.29 is 9.18 Å². The average Bonchev–Trinajstić information content (AvgIpc) is 3.26. The highest BCUT2D eigenvalue weighted by atomic mass is 19.1. The fourth-order valence-electron chi connectivity index (χ4n) is 4.82. The molecule has 1 amide bonds. The van der Waals surface area contributed by atoms with Crippen LogP contribution >= 0.6 is 0 Å². The van der Waals surface area contributed by atoms with Crippen LogP contribution in [0.2, 0.25) is 0 Å². The monoisotopic (exact) mass is 473 g/mol. The number of aromatic amines is 1. The topological polar surface area (TPSA) is 122 Å². The van der Waals surface area contributed by atoms with E-state index in [0.717, 1.165) is 47.1 Å². The molecule has 8 nitrogen and oxygen atoms in total. The lowest BCUT2D eigenvalue weighted by Crippen LogP contribution is -2.51. The summed E-state index contributed by atoms with van der Waals surface area (Å²) in [5.74, 6) is -0.381. The average molecular weight is 474 g/mol. The first-order valence-electron chi connectivity index (χ1n) is 11.7. The third kappa shape index (κ3) is 4.66. The Labute approximate surface area is 202 Å². The van der Waals surface area contributed by atoms with Crippen LogP contribution in [0.15, 0.2) is 48.7 Å². The van der Waals surface area contributed by atoms with E-state index in [1.54, 1.807) is 6.20 Å². The SMILES string of the molecule is Cc1cnc(N[C@@H]2CCC[C@](C)(NC(=O)c3ccc(N)c(F)c3)C2)nc1-c1n[nH]c2ccccc12. The van der Waals surface area contributed by atoms with Gasteiger partial charge in [-0.25, -0.2) is 14.4 Å². The number of nitrogens with zero attached hydrogens (tertiary/aromatic N) is 3. The van der Waals surface area contributed by atoms with Crippen LogP contribution in [-0.2, 0) is 0 Å². The van der Waals surface area contributed by atoms with E-state index in [1.807, 2.05) is 38.1 Å². The number of carbonyl (C=O) groups excluding carboxylic acids is 1. The lowest BCUT2D eigenvalue weighted by molar-refractivity contribution is 0.0878. The number of hydrogen-bond donors (Lipinski definition) is 4. The summed E-state index contributed by atoms with van der Waals surface area (Å²) in [7, 11) is 0. The Morgan fingerprint density at radius 2 is 2.06 bits per heavy atom. The summed E-state index contributed by atoms with van der Waals surface area (Å²) < 4.78 is 13.8. The second kappa shape index (κ2) is 8.98. The Morgan fingerprint density at radius 3 is 2.89 bits per heavy atom. The van der Waals surface area contributed by atoms with Crippen LogP contribution in [0.1, 0.15) is 48.5 Å². The number of aryl methyl sites for hydroxylation is 1. The zero-order valence-electron chi connectivity index (χ0n) is 19.7. The Morgan fingerprint density at radius 1 is 1.23 bits per heavy atom. The highest BCUT2D eigenvalue weighted by Gasteiger charge is 2.34. The summed E-state index contributed by atoms with van der Waals surface area (Å²) in [5, 5.41) is 15.1. The van der Waals surface area contributed by atoms with Gasteiger partial charge >= 0.3 is 0 Å². The summed E-state index contributed by atoms with van der Waals surface area (Å²) >= 11 is 0. The van der Waals surface area contributed by atoms with Crippen LogP contribution < -0.4 is 16.4 Å². The van der Waals surface area contributed by atoms with Gasteiger partial charge in [-0.05, 0) is 69.4 Å². The van der Waals surface area contributed by atoms with Gasteiger partial charge in [-0.2, -0.15) is 5.10 Å². The number of carbonyl (C=O) groups is 1. The maximum Gasteiger partial charge on any atom is 0.251 e. The van der Waals surface area contributed by atoms with E-state index in [1.165, 1.54) is 18.2 Å². The zero-order valence-corrected chi connectivity index (χ0v) is 19.7. The van der Waals surface area contributed by atoms with Gasteiger partial charge in [0.25, 0.3) is 5.91 Å². The molecule has 5 rings (SSSR count). The molecule has 9 heteroatoms. The zero-order chi connectivity index (χ0) is 24.6. The second-order valence-electron chi connectivity index (χ2n) is 9.53. The number of aromatic nitrogens is 4. The maximum atomic E-state index is 13.8. The number of H-pyrrole nitrogens is 1. The molecule has 0 bridgehead atoms. The summed E-state index contributed by atoms with van der Waals surface area (Å²) in [5.41, 5.74) is 8.82. The molecular weight excluding hydrogens is 445 g/mol. The number of nitrogens with one attached hydrogen (secondary N) is 3. The van der Waals surface area contributed by atoms with Crippen LogP contribution in [0, 0.1) is 12.7 Å². The van der Waals surface area contributed by atoms with Crippen molar-refractivity contribution in [3.63, 3.8) is 0 Å². The number of fused-ring (bicyclic) bond motifs is 1. The van der Waals surface area contributed by atoms with Crippen molar-refractivity contribution in [2.45, 2.75) is 51.1 Å². The number of nitrogen functional groups attached to an aromatic ring is 1. The first kappa shape index (κ1) is 22.8. The predicted molar refractivity (Wildman–Crippen MR) is 134 cm³/mol. The second-order valence-corrected chi connectivity index (χ2v) is 9.53. The molecule has 180 valence electrons. The summed E-state index contributed by atoms with van der Waals surface area (Å²) in [6.45, 7) is 3.99. The van der Waals surface area contributed by atoms with Crippen LogP contribution in [-0.4, -0.2) is 37.7 Å². The molecule has 0 spiro atoms. The van der Waals surface area contributed by atoms with Gasteiger partial charge in [0.1, 0.15) is 11.5 Å². The Hall–Kier alpha value is -4.01. The highest BCUT2D eigenvalue weighted by Crippen LogP contribution is 2.31. The van der Waals surface area contributed by atoms with Crippen molar-refractivity contribution in [3.8, 4) is 11.4 Å². The van der Waals surface area contributed by atoms with Gasteiger partial charge in [0.2, 0.25) is 5.95 Å². The van der Waals surface area contributed by atoms with E-state index < -0.39 is 11.4 Å². The van der Waals surface area contributed by atoms with Crippen molar-refractivity contribution in [1.82, 2.24) is 25.5 Å². The van der Waals surface area contributed by atoms with Crippen LogP contribution in [0.25, 0.3) is 22.3 Å². The van der Waals surface area contributed by atoms with Gasteiger partial charge in [-0.1, -0.05) is 18.2 Å². The van der Waals surface area contributed by atoms with E-state index in [2.05, 4.69) is 25.8 Å². The summed E-state index contributed by atoms with van der Waals surface area (Å²) in [6.07, 6.45) is 5.17. The summed E-state index contributed by atoms with van der Waals surface area (Å²) in [6, 6.07) is 12.1. The lowest BCUT2D eigenvalue weighted by atomic mass is 9.80.